The van der Waals surface area contributed by atoms with E-state index in [4.69, 9.17) is 15.0 Å². The first-order valence-corrected chi connectivity index (χ1v) is 14.7. The van der Waals surface area contributed by atoms with Crippen LogP contribution in [0.2, 0.25) is 0 Å². The van der Waals surface area contributed by atoms with Crippen molar-refractivity contribution in [3.05, 3.63) is 82.3 Å². The predicted octanol–water partition coefficient (Wildman–Crippen LogP) is 4.80. The Balaban J connectivity index is 1.50. The molecule has 1 saturated heterocycles. The number of rotatable bonds is 6. The largest absolute Gasteiger partial charge is 0.355 e. The summed E-state index contributed by atoms with van der Waals surface area (Å²) < 4.78 is 32.3. The number of benzene rings is 1. The van der Waals surface area contributed by atoms with Gasteiger partial charge in [-0.15, -0.1) is 0 Å². The third-order valence-corrected chi connectivity index (χ3v) is 8.52. The molecule has 3 aliphatic rings. The molecule has 7 rings (SSSR count). The van der Waals surface area contributed by atoms with Crippen LogP contribution in [0.3, 0.4) is 0 Å². The van der Waals surface area contributed by atoms with Crippen molar-refractivity contribution >= 4 is 22.8 Å². The minimum absolute atomic E-state index is 0.00540. The van der Waals surface area contributed by atoms with E-state index >= 15 is 4.39 Å². The van der Waals surface area contributed by atoms with Crippen molar-refractivity contribution in [3.8, 4) is 16.9 Å². The molecule has 3 aromatic heterocycles. The van der Waals surface area contributed by atoms with Gasteiger partial charge >= 0.3 is 5.69 Å². The summed E-state index contributed by atoms with van der Waals surface area (Å²) >= 11 is 0. The van der Waals surface area contributed by atoms with Gasteiger partial charge in [-0.1, -0.05) is 18.7 Å². The average molecular weight is 584 g/mol. The number of halogens is 2. The topological polar surface area (TPSA) is 97.1 Å². The van der Waals surface area contributed by atoms with Crippen LogP contribution in [0.5, 0.6) is 0 Å². The van der Waals surface area contributed by atoms with E-state index in [1.807, 2.05) is 18.7 Å². The van der Waals surface area contributed by atoms with Gasteiger partial charge in [-0.2, -0.15) is 4.98 Å². The lowest BCUT2D eigenvalue weighted by molar-refractivity contribution is -0.126. The monoisotopic (exact) mass is 583 g/mol. The number of anilines is 1. The summed E-state index contributed by atoms with van der Waals surface area (Å²) in [6.07, 6.45) is 5.05. The molecule has 1 aliphatic heterocycles. The molecule has 43 heavy (non-hydrogen) atoms. The van der Waals surface area contributed by atoms with Gasteiger partial charge in [-0.3, -0.25) is 4.79 Å². The molecule has 1 atom stereocenters. The highest BCUT2D eigenvalue weighted by atomic mass is 19.1. The van der Waals surface area contributed by atoms with E-state index < -0.39 is 17.3 Å². The highest BCUT2D eigenvalue weighted by Crippen LogP contribution is 2.48. The zero-order valence-corrected chi connectivity index (χ0v) is 24.1. The smallest absolute Gasteiger partial charge is 0.350 e. The summed E-state index contributed by atoms with van der Waals surface area (Å²) in [7, 11) is 0. The number of nitrogens with zero attached hydrogens (tertiary/aromatic N) is 7. The number of amides is 1. The van der Waals surface area contributed by atoms with Crippen LogP contribution in [-0.2, 0) is 4.79 Å². The highest BCUT2D eigenvalue weighted by molar-refractivity contribution is 5.91. The summed E-state index contributed by atoms with van der Waals surface area (Å²) in [4.78, 5) is 48.9. The minimum Gasteiger partial charge on any atom is -0.350 e. The van der Waals surface area contributed by atoms with Crippen molar-refractivity contribution in [1.82, 2.24) is 29.4 Å². The Labute approximate surface area is 246 Å². The van der Waals surface area contributed by atoms with Crippen molar-refractivity contribution in [2.45, 2.75) is 57.4 Å². The Morgan fingerprint density at radius 2 is 1.65 bits per heavy atom. The van der Waals surface area contributed by atoms with Crippen LogP contribution >= 0.6 is 0 Å². The van der Waals surface area contributed by atoms with Crippen molar-refractivity contribution in [3.63, 3.8) is 0 Å². The first-order chi connectivity index (χ1) is 20.7. The lowest BCUT2D eigenvalue weighted by Crippen LogP contribution is -2.54. The molecule has 220 valence electrons. The Morgan fingerprint density at radius 1 is 0.977 bits per heavy atom. The maximum absolute atomic E-state index is 15.9. The molecule has 9 nitrogen and oxygen atoms in total. The lowest BCUT2D eigenvalue weighted by atomic mass is 10.1. The second kappa shape index (κ2) is 10.3. The zero-order valence-electron chi connectivity index (χ0n) is 24.1. The molecule has 11 heteroatoms. The van der Waals surface area contributed by atoms with Crippen LogP contribution in [0.4, 0.5) is 14.6 Å². The van der Waals surface area contributed by atoms with Gasteiger partial charge in [0.25, 0.3) is 0 Å². The fourth-order valence-corrected chi connectivity index (χ4v) is 6.09. The standard InChI is InChI=1S/C32H31F2N7O2/c1-4-25(42)39-13-14-40(17(2)16-39)30-22-15-24(34)28(21-7-5-6-8-23(21)33)37-31(22)41(32(43)38-30)29-26(19-9-10-19)35-18(3)36-27(29)20-11-12-20/h4-8,15,17,19-20H,1,9-14,16H2,2-3H3/t17-/m0/s1. The quantitative estimate of drug-likeness (QED) is 0.301. The van der Waals surface area contributed by atoms with Crippen LogP contribution in [0.25, 0.3) is 28.0 Å². The van der Waals surface area contributed by atoms with Gasteiger partial charge in [-0.05, 0) is 63.8 Å². The first-order valence-electron chi connectivity index (χ1n) is 14.7. The van der Waals surface area contributed by atoms with Gasteiger partial charge in [0, 0.05) is 43.1 Å². The van der Waals surface area contributed by atoms with Crippen LogP contribution in [0.1, 0.15) is 61.7 Å². The molecular weight excluding hydrogens is 552 g/mol. The van der Waals surface area contributed by atoms with E-state index in [0.717, 1.165) is 37.1 Å². The predicted molar refractivity (Wildman–Crippen MR) is 158 cm³/mol. The molecule has 2 aliphatic carbocycles. The Hall–Kier alpha value is -4.54. The number of pyridine rings is 1. The number of piperazine rings is 1. The second-order valence-corrected chi connectivity index (χ2v) is 11.7. The summed E-state index contributed by atoms with van der Waals surface area (Å²) in [5.41, 5.74) is 1.50. The molecule has 1 amide bonds. The molecule has 2 saturated carbocycles. The number of hydrogen-bond donors (Lipinski definition) is 0. The SMILES string of the molecule is C=CC(=O)N1CCN(c2nc(=O)n(-c3c(C4CC4)nc(C)nc3C3CC3)c3nc(-c4ccccc4F)c(F)cc23)[C@@H](C)C1. The Kier molecular flexibility index (Phi) is 6.55. The maximum Gasteiger partial charge on any atom is 0.355 e. The van der Waals surface area contributed by atoms with Gasteiger partial charge < -0.3 is 9.80 Å². The number of aromatic nitrogens is 5. The first kappa shape index (κ1) is 27.3. The van der Waals surface area contributed by atoms with Crippen LogP contribution in [0, 0.1) is 18.6 Å². The molecule has 3 fully saturated rings. The van der Waals surface area contributed by atoms with E-state index in [0.29, 0.717) is 36.5 Å². The molecule has 0 N–H and O–H groups in total. The summed E-state index contributed by atoms with van der Waals surface area (Å²) in [5, 5.41) is 0.316. The molecule has 4 aromatic rings. The third kappa shape index (κ3) is 4.76. The molecule has 0 radical (unpaired) electrons. The van der Waals surface area contributed by atoms with E-state index in [9.17, 15) is 14.0 Å². The molecule has 4 heterocycles. The molecular formula is C32H31F2N7O2. The maximum atomic E-state index is 15.9. The molecule has 0 bridgehead atoms. The summed E-state index contributed by atoms with van der Waals surface area (Å²) in [5.74, 6) is -0.263. The highest BCUT2D eigenvalue weighted by Gasteiger charge is 2.38. The van der Waals surface area contributed by atoms with E-state index in [-0.39, 0.29) is 46.5 Å². The van der Waals surface area contributed by atoms with Crippen molar-refractivity contribution in [2.24, 2.45) is 0 Å². The molecule has 0 unspecified atom stereocenters. The van der Waals surface area contributed by atoms with E-state index in [1.54, 1.807) is 11.0 Å². The Morgan fingerprint density at radius 3 is 2.26 bits per heavy atom. The van der Waals surface area contributed by atoms with Crippen LogP contribution in [-0.4, -0.2) is 61.0 Å². The van der Waals surface area contributed by atoms with Gasteiger partial charge in [0.1, 0.15) is 29.0 Å². The Bertz CT molecular complexity index is 1830. The van der Waals surface area contributed by atoms with Gasteiger partial charge in [0.2, 0.25) is 5.91 Å². The molecule has 1 aromatic carbocycles. The summed E-state index contributed by atoms with van der Waals surface area (Å²) in [6.45, 7) is 8.49. The fourth-order valence-electron chi connectivity index (χ4n) is 6.09. The van der Waals surface area contributed by atoms with E-state index in [1.165, 1.54) is 34.9 Å². The van der Waals surface area contributed by atoms with Crippen molar-refractivity contribution in [2.75, 3.05) is 24.5 Å². The second-order valence-electron chi connectivity index (χ2n) is 11.7. The van der Waals surface area contributed by atoms with Crippen molar-refractivity contribution < 1.29 is 13.6 Å². The number of carbonyl (C=O) groups is 1. The number of hydrogen-bond acceptors (Lipinski definition) is 7. The number of carbonyl (C=O) groups excluding carboxylic acids is 1. The fraction of sp³-hybridized carbons (Fsp3) is 0.375. The number of fused-ring (bicyclic) bond motifs is 1. The van der Waals surface area contributed by atoms with E-state index in [2.05, 4.69) is 11.6 Å². The van der Waals surface area contributed by atoms with Gasteiger partial charge in [0.15, 0.2) is 5.65 Å². The van der Waals surface area contributed by atoms with Gasteiger partial charge in [0.05, 0.1) is 22.5 Å². The average Bonchev–Trinajstić information content (AvgIpc) is 3.91. The van der Waals surface area contributed by atoms with Gasteiger partial charge in [-0.25, -0.2) is 33.1 Å². The van der Waals surface area contributed by atoms with Crippen LogP contribution in [0.15, 0.2) is 47.8 Å². The zero-order chi connectivity index (χ0) is 30.0. The van der Waals surface area contributed by atoms with Crippen molar-refractivity contribution in [1.29, 1.82) is 0 Å². The lowest BCUT2D eigenvalue weighted by Gasteiger charge is -2.40. The molecule has 0 spiro atoms. The van der Waals surface area contributed by atoms with Crippen LogP contribution < -0.4 is 10.6 Å². The minimum atomic E-state index is -0.732. The normalized spacial score (nSPS) is 18.7. The summed E-state index contributed by atoms with van der Waals surface area (Å²) in [6, 6.07) is 6.92. The number of aryl methyl sites for hydroxylation is 1. The third-order valence-electron chi connectivity index (χ3n) is 8.52.